The number of ether oxygens (including phenoxy) is 1. The maximum Gasteiger partial charge on any atom is 0.268 e. The molecule has 1 aromatic heterocycles. The molecule has 35 heavy (non-hydrogen) atoms. The average molecular weight is 476 g/mol. The van der Waals surface area contributed by atoms with E-state index < -0.39 is 41.5 Å². The van der Waals surface area contributed by atoms with Gasteiger partial charge in [0.05, 0.1) is 18.9 Å². The number of amides is 4. The zero-order valence-corrected chi connectivity index (χ0v) is 19.1. The summed E-state index contributed by atoms with van der Waals surface area (Å²) in [6.07, 6.45) is 4.89. The molecule has 0 bridgehead atoms. The van der Waals surface area contributed by atoms with Gasteiger partial charge in [0.25, 0.3) is 5.91 Å². The molecule has 1 aliphatic heterocycles. The summed E-state index contributed by atoms with van der Waals surface area (Å²) in [7, 11) is 1.54. The van der Waals surface area contributed by atoms with Crippen LogP contribution in [0.5, 0.6) is 5.75 Å². The molecule has 2 fully saturated rings. The van der Waals surface area contributed by atoms with Gasteiger partial charge in [-0.1, -0.05) is 25.0 Å². The smallest absolute Gasteiger partial charge is 0.268 e. The maximum absolute atomic E-state index is 13.1. The Hall–Kier alpha value is -4.39. The number of H-pyrrole nitrogens is 1. The Bertz CT molecular complexity index is 1280. The lowest BCUT2D eigenvalue weighted by Crippen LogP contribution is -2.46. The Balaban J connectivity index is 1.51. The van der Waals surface area contributed by atoms with E-state index in [0.29, 0.717) is 23.6 Å². The van der Waals surface area contributed by atoms with Crippen molar-refractivity contribution in [1.82, 2.24) is 20.9 Å². The number of nitriles is 1. The fourth-order valence-electron chi connectivity index (χ4n) is 4.14. The maximum atomic E-state index is 13.1. The van der Waals surface area contributed by atoms with Crippen molar-refractivity contribution in [3.05, 3.63) is 54.4 Å². The van der Waals surface area contributed by atoms with Crippen LogP contribution in [0.1, 0.15) is 29.8 Å². The van der Waals surface area contributed by atoms with Crippen LogP contribution in [-0.4, -0.2) is 41.8 Å². The summed E-state index contributed by atoms with van der Waals surface area (Å²) >= 11 is 0. The number of nitrogens with zero attached hydrogens (tertiary/aromatic N) is 1. The quantitative estimate of drug-likeness (QED) is 0.246. The van der Waals surface area contributed by atoms with Gasteiger partial charge in [-0.15, -0.1) is 6.58 Å². The second-order valence-corrected chi connectivity index (χ2v) is 8.63. The number of methoxy groups -OCH3 is 1. The predicted molar refractivity (Wildman–Crippen MR) is 126 cm³/mol. The molecular formula is C25H25N5O5. The van der Waals surface area contributed by atoms with Crippen LogP contribution < -0.4 is 20.7 Å². The van der Waals surface area contributed by atoms with Gasteiger partial charge in [0.1, 0.15) is 29.3 Å². The van der Waals surface area contributed by atoms with E-state index >= 15 is 0 Å². The molecule has 1 saturated heterocycles. The number of fused-ring (bicyclic) bond motifs is 1. The summed E-state index contributed by atoms with van der Waals surface area (Å²) < 4.78 is 5.33. The number of carbonyl (C=O) groups is 4. The van der Waals surface area contributed by atoms with Crippen molar-refractivity contribution < 1.29 is 23.9 Å². The molecule has 1 aromatic carbocycles. The third kappa shape index (κ3) is 5.09. The van der Waals surface area contributed by atoms with Crippen LogP contribution >= 0.6 is 0 Å². The highest BCUT2D eigenvalue weighted by atomic mass is 16.5. The number of aromatic nitrogens is 1. The predicted octanol–water partition coefficient (Wildman–Crippen LogP) is 1.67. The first-order chi connectivity index (χ1) is 16.8. The van der Waals surface area contributed by atoms with Crippen LogP contribution in [0.15, 0.2) is 48.7 Å². The first-order valence-electron chi connectivity index (χ1n) is 11.2. The third-order valence-corrected chi connectivity index (χ3v) is 6.19. The lowest BCUT2D eigenvalue weighted by atomic mass is 9.94. The van der Waals surface area contributed by atoms with E-state index in [2.05, 4.69) is 27.5 Å². The normalized spacial score (nSPS) is 20.6. The molecule has 1 saturated carbocycles. The lowest BCUT2D eigenvalue weighted by Gasteiger charge is -2.18. The number of allylic oxidation sites excluding steroid dienone is 1. The minimum absolute atomic E-state index is 0.179. The van der Waals surface area contributed by atoms with Crippen LogP contribution in [0.2, 0.25) is 0 Å². The Morgan fingerprint density at radius 2 is 2.03 bits per heavy atom. The van der Waals surface area contributed by atoms with Crippen molar-refractivity contribution in [3.8, 4) is 11.8 Å². The van der Waals surface area contributed by atoms with E-state index in [0.717, 1.165) is 18.2 Å². The van der Waals surface area contributed by atoms with Crippen molar-refractivity contribution >= 4 is 34.5 Å². The van der Waals surface area contributed by atoms with Gasteiger partial charge in [-0.25, -0.2) is 0 Å². The SMILES string of the molecule is C=CC1C(=O)NC(=O)C1/C=C(/C#N)NC(=O)C(CC1CC1)NC(=O)c1cc2c(OC)cccc2[nH]1. The monoisotopic (exact) mass is 475 g/mol. The van der Waals surface area contributed by atoms with Crippen LogP contribution in [-0.2, 0) is 14.4 Å². The van der Waals surface area contributed by atoms with Crippen LogP contribution in [0.3, 0.4) is 0 Å². The van der Waals surface area contributed by atoms with E-state index in [1.165, 1.54) is 12.2 Å². The van der Waals surface area contributed by atoms with Gasteiger partial charge >= 0.3 is 0 Å². The second kappa shape index (κ2) is 9.85. The summed E-state index contributed by atoms with van der Waals surface area (Å²) in [5.74, 6) is -3.00. The molecule has 4 rings (SSSR count). The Morgan fingerprint density at radius 3 is 2.69 bits per heavy atom. The molecule has 0 spiro atoms. The fourth-order valence-corrected chi connectivity index (χ4v) is 4.14. The van der Waals surface area contributed by atoms with E-state index in [9.17, 15) is 24.4 Å². The van der Waals surface area contributed by atoms with E-state index in [1.54, 1.807) is 25.3 Å². The van der Waals surface area contributed by atoms with Crippen molar-refractivity contribution in [2.45, 2.75) is 25.3 Å². The molecule has 10 nitrogen and oxygen atoms in total. The molecule has 2 aliphatic rings. The van der Waals surface area contributed by atoms with Gasteiger partial charge < -0.3 is 20.4 Å². The molecule has 0 radical (unpaired) electrons. The summed E-state index contributed by atoms with van der Waals surface area (Å²) in [5.41, 5.74) is 0.805. The molecule has 3 unspecified atom stereocenters. The number of hydrogen-bond donors (Lipinski definition) is 4. The molecule has 4 amide bonds. The summed E-state index contributed by atoms with van der Waals surface area (Å²) in [5, 5.41) is 17.7. The van der Waals surface area contributed by atoms with Gasteiger partial charge in [0, 0.05) is 10.9 Å². The summed E-state index contributed by atoms with van der Waals surface area (Å²) in [6, 6.07) is 8.01. The highest BCUT2D eigenvalue weighted by molar-refractivity contribution is 6.07. The molecule has 2 heterocycles. The minimum Gasteiger partial charge on any atom is -0.496 e. The van der Waals surface area contributed by atoms with E-state index in [4.69, 9.17) is 4.74 Å². The fraction of sp³-hybridized carbons (Fsp3) is 0.320. The first kappa shape index (κ1) is 23.8. The molecular weight excluding hydrogens is 450 g/mol. The van der Waals surface area contributed by atoms with Gasteiger partial charge in [0.2, 0.25) is 17.7 Å². The van der Waals surface area contributed by atoms with Gasteiger partial charge in [0.15, 0.2) is 0 Å². The number of rotatable bonds is 9. The Labute approximate surface area is 201 Å². The Morgan fingerprint density at radius 1 is 1.29 bits per heavy atom. The second-order valence-electron chi connectivity index (χ2n) is 8.63. The molecule has 1 aliphatic carbocycles. The number of aromatic amines is 1. The number of nitrogens with one attached hydrogen (secondary N) is 4. The minimum atomic E-state index is -0.951. The molecule has 2 aromatic rings. The van der Waals surface area contributed by atoms with Gasteiger partial charge in [-0.3, -0.25) is 24.5 Å². The number of benzene rings is 1. The van der Waals surface area contributed by atoms with Crippen molar-refractivity contribution in [1.29, 1.82) is 5.26 Å². The Kier molecular flexibility index (Phi) is 6.68. The largest absolute Gasteiger partial charge is 0.496 e. The van der Waals surface area contributed by atoms with Crippen LogP contribution in [0.4, 0.5) is 0 Å². The van der Waals surface area contributed by atoms with Crippen molar-refractivity contribution in [2.24, 2.45) is 17.8 Å². The molecule has 10 heteroatoms. The first-order valence-corrected chi connectivity index (χ1v) is 11.2. The van der Waals surface area contributed by atoms with E-state index in [-0.39, 0.29) is 11.4 Å². The van der Waals surface area contributed by atoms with Crippen molar-refractivity contribution in [3.63, 3.8) is 0 Å². The molecule has 180 valence electrons. The number of carbonyl (C=O) groups excluding carboxylic acids is 4. The highest BCUT2D eigenvalue weighted by Gasteiger charge is 2.39. The van der Waals surface area contributed by atoms with Crippen LogP contribution in [0, 0.1) is 29.1 Å². The topological polar surface area (TPSA) is 153 Å². The van der Waals surface area contributed by atoms with Crippen molar-refractivity contribution in [2.75, 3.05) is 7.11 Å². The standard InChI is InChI=1S/C25H25N5O5/c1-3-15-16(23(32)30-22(15)31)10-14(12-26)27-24(33)19(9-13-7-8-13)29-25(34)20-11-17-18(28-20)5-4-6-21(17)35-2/h3-6,10-11,13,15-16,19,28H,1,7-9H2,2H3,(H,27,33)(H,29,34)(H,30,31,32)/b14-10-. The lowest BCUT2D eigenvalue weighted by molar-refractivity contribution is -0.126. The zero-order valence-electron chi connectivity index (χ0n) is 19.1. The van der Waals surface area contributed by atoms with E-state index in [1.807, 2.05) is 12.1 Å². The number of hydrogen-bond acceptors (Lipinski definition) is 6. The molecule has 3 atom stereocenters. The van der Waals surface area contributed by atoms with Crippen LogP contribution in [0.25, 0.3) is 10.9 Å². The van der Waals surface area contributed by atoms with Gasteiger partial charge in [-0.2, -0.15) is 5.26 Å². The summed E-state index contributed by atoms with van der Waals surface area (Å²) in [4.78, 5) is 53.0. The average Bonchev–Trinajstić information content (AvgIpc) is 3.48. The zero-order chi connectivity index (χ0) is 25.1. The number of imide groups is 1. The summed E-state index contributed by atoms with van der Waals surface area (Å²) in [6.45, 7) is 3.56. The third-order valence-electron chi connectivity index (χ3n) is 6.19. The molecule has 4 N–H and O–H groups in total. The van der Waals surface area contributed by atoms with Gasteiger partial charge in [-0.05, 0) is 36.6 Å². The highest BCUT2D eigenvalue weighted by Crippen LogP contribution is 2.34.